The Kier molecular flexibility index (Phi) is 4.94. The Morgan fingerprint density at radius 1 is 0.905 bits per heavy atom. The van der Waals surface area contributed by atoms with E-state index in [9.17, 15) is 0 Å². The van der Waals surface area contributed by atoms with Gasteiger partial charge in [0.25, 0.3) is 0 Å². The van der Waals surface area contributed by atoms with Gasteiger partial charge in [-0.15, -0.1) is 0 Å². The van der Waals surface area contributed by atoms with Gasteiger partial charge in [0, 0.05) is 5.56 Å². The van der Waals surface area contributed by atoms with Gasteiger partial charge in [-0.1, -0.05) is 33.6 Å². The fourth-order valence-electron chi connectivity index (χ4n) is 2.78. The smallest absolute Gasteiger partial charge is 0.123 e. The maximum Gasteiger partial charge on any atom is 0.123 e. The van der Waals surface area contributed by atoms with Crippen molar-refractivity contribution >= 4 is 15.9 Å². The number of rotatable bonds is 4. The van der Waals surface area contributed by atoms with Crippen molar-refractivity contribution in [3.8, 4) is 11.5 Å². The predicted octanol–water partition coefficient (Wildman–Crippen LogP) is 5.11. The van der Waals surface area contributed by atoms with Crippen LogP contribution in [0.25, 0.3) is 0 Å². The Labute approximate surface area is 135 Å². The maximum atomic E-state index is 5.51. The van der Waals surface area contributed by atoms with E-state index in [0.29, 0.717) is 0 Å². The van der Waals surface area contributed by atoms with E-state index in [1.807, 2.05) is 18.2 Å². The van der Waals surface area contributed by atoms with Gasteiger partial charge in [-0.25, -0.2) is 0 Å². The molecule has 2 aromatic rings. The predicted molar refractivity (Wildman–Crippen MR) is 91.0 cm³/mol. The molecule has 0 radical (unpaired) electrons. The van der Waals surface area contributed by atoms with Crippen LogP contribution >= 0.6 is 15.9 Å². The highest BCUT2D eigenvalue weighted by Crippen LogP contribution is 2.41. The minimum atomic E-state index is 0.0724. The number of halogens is 1. The highest BCUT2D eigenvalue weighted by Gasteiger charge is 2.20. The summed E-state index contributed by atoms with van der Waals surface area (Å²) in [7, 11) is 3.37. The Hall–Kier alpha value is -1.48. The zero-order valence-corrected chi connectivity index (χ0v) is 14.7. The van der Waals surface area contributed by atoms with Crippen LogP contribution in [-0.4, -0.2) is 14.2 Å². The van der Waals surface area contributed by atoms with Gasteiger partial charge in [0.1, 0.15) is 11.5 Å². The van der Waals surface area contributed by atoms with E-state index in [4.69, 9.17) is 9.47 Å². The molecule has 0 bridgehead atoms. The van der Waals surface area contributed by atoms with Crippen molar-refractivity contribution in [2.45, 2.75) is 25.6 Å². The quantitative estimate of drug-likeness (QED) is 0.714. The molecule has 2 rings (SSSR count). The average Bonchev–Trinajstić information content (AvgIpc) is 2.45. The lowest BCUT2D eigenvalue weighted by atomic mass is 9.93. The average molecular weight is 349 g/mol. The standard InChI is InChI=1S/C18H21BrO2/c1-11-8-12(2)17(13(3)9-11)18(19)15-10-14(20-4)6-7-16(15)21-5/h6-10,18H,1-5H3. The number of alkyl halides is 1. The van der Waals surface area contributed by atoms with E-state index in [2.05, 4.69) is 48.8 Å². The number of aryl methyl sites for hydroxylation is 3. The molecule has 0 aliphatic carbocycles. The molecule has 0 amide bonds. The van der Waals surface area contributed by atoms with Gasteiger partial charge in [-0.3, -0.25) is 0 Å². The van der Waals surface area contributed by atoms with Crippen LogP contribution in [0.2, 0.25) is 0 Å². The van der Waals surface area contributed by atoms with Crippen LogP contribution in [-0.2, 0) is 0 Å². The van der Waals surface area contributed by atoms with E-state index in [1.54, 1.807) is 14.2 Å². The largest absolute Gasteiger partial charge is 0.497 e. The summed E-state index contributed by atoms with van der Waals surface area (Å²) in [4.78, 5) is 0.0724. The van der Waals surface area contributed by atoms with Gasteiger partial charge in [0.15, 0.2) is 0 Å². The third-order valence-corrected chi connectivity index (χ3v) is 4.65. The van der Waals surface area contributed by atoms with E-state index in [-0.39, 0.29) is 4.83 Å². The fourth-order valence-corrected chi connectivity index (χ4v) is 3.86. The van der Waals surface area contributed by atoms with Crippen LogP contribution in [0.4, 0.5) is 0 Å². The fraction of sp³-hybridized carbons (Fsp3) is 0.333. The third-order valence-electron chi connectivity index (χ3n) is 3.70. The molecular formula is C18H21BrO2. The summed E-state index contributed by atoms with van der Waals surface area (Å²) in [5.74, 6) is 1.69. The highest BCUT2D eigenvalue weighted by atomic mass is 79.9. The highest BCUT2D eigenvalue weighted by molar-refractivity contribution is 9.09. The Morgan fingerprint density at radius 3 is 2.05 bits per heavy atom. The van der Waals surface area contributed by atoms with Crippen molar-refractivity contribution in [3.63, 3.8) is 0 Å². The molecule has 0 aliphatic rings. The maximum absolute atomic E-state index is 5.51. The van der Waals surface area contributed by atoms with Gasteiger partial charge >= 0.3 is 0 Å². The first-order valence-corrected chi connectivity index (χ1v) is 7.83. The molecule has 1 atom stereocenters. The Balaban J connectivity index is 2.56. The molecule has 0 N–H and O–H groups in total. The molecule has 0 saturated heterocycles. The lowest BCUT2D eigenvalue weighted by molar-refractivity contribution is 0.399. The van der Waals surface area contributed by atoms with Crippen molar-refractivity contribution in [2.24, 2.45) is 0 Å². The van der Waals surface area contributed by atoms with Crippen LogP contribution in [0.5, 0.6) is 11.5 Å². The molecule has 3 heteroatoms. The summed E-state index contributed by atoms with van der Waals surface area (Å²) in [5.41, 5.74) is 6.20. The zero-order chi connectivity index (χ0) is 15.6. The minimum absolute atomic E-state index is 0.0724. The minimum Gasteiger partial charge on any atom is -0.497 e. The number of methoxy groups -OCH3 is 2. The second kappa shape index (κ2) is 6.52. The SMILES string of the molecule is COc1ccc(OC)c(C(Br)c2c(C)cc(C)cc2C)c1. The molecule has 2 nitrogen and oxygen atoms in total. The van der Waals surface area contributed by atoms with Crippen LogP contribution in [0.15, 0.2) is 30.3 Å². The summed E-state index contributed by atoms with van der Waals surface area (Å²) < 4.78 is 10.8. The van der Waals surface area contributed by atoms with Gasteiger partial charge in [0.2, 0.25) is 0 Å². The summed E-state index contributed by atoms with van der Waals surface area (Å²) in [5, 5.41) is 0. The summed E-state index contributed by atoms with van der Waals surface area (Å²) in [6.45, 7) is 6.42. The van der Waals surface area contributed by atoms with Crippen molar-refractivity contribution < 1.29 is 9.47 Å². The second-order valence-electron chi connectivity index (χ2n) is 5.28. The second-order valence-corrected chi connectivity index (χ2v) is 6.20. The molecule has 0 aromatic heterocycles. The molecule has 0 saturated carbocycles. The zero-order valence-electron chi connectivity index (χ0n) is 13.2. The number of hydrogen-bond acceptors (Lipinski definition) is 2. The number of benzene rings is 2. The van der Waals surface area contributed by atoms with Crippen molar-refractivity contribution in [1.29, 1.82) is 0 Å². The number of hydrogen-bond donors (Lipinski definition) is 0. The Bertz CT molecular complexity index is 627. The van der Waals surface area contributed by atoms with Crippen LogP contribution in [0.3, 0.4) is 0 Å². The first kappa shape index (κ1) is 15.9. The van der Waals surface area contributed by atoms with E-state index >= 15 is 0 Å². The van der Waals surface area contributed by atoms with Crippen LogP contribution < -0.4 is 9.47 Å². The molecule has 0 fully saturated rings. The molecule has 112 valence electrons. The van der Waals surface area contributed by atoms with Crippen molar-refractivity contribution in [1.82, 2.24) is 0 Å². The van der Waals surface area contributed by atoms with Gasteiger partial charge in [0.05, 0.1) is 19.0 Å². The van der Waals surface area contributed by atoms with E-state index in [0.717, 1.165) is 17.1 Å². The van der Waals surface area contributed by atoms with Crippen molar-refractivity contribution in [2.75, 3.05) is 14.2 Å². The van der Waals surface area contributed by atoms with Gasteiger partial charge < -0.3 is 9.47 Å². The van der Waals surface area contributed by atoms with Gasteiger partial charge in [-0.2, -0.15) is 0 Å². The normalized spacial score (nSPS) is 12.1. The molecule has 2 aromatic carbocycles. The van der Waals surface area contributed by atoms with Gasteiger partial charge in [-0.05, 0) is 55.7 Å². The molecule has 0 heterocycles. The lowest BCUT2D eigenvalue weighted by Gasteiger charge is -2.20. The Morgan fingerprint density at radius 2 is 1.52 bits per heavy atom. The van der Waals surface area contributed by atoms with Crippen LogP contribution in [0.1, 0.15) is 32.6 Å². The first-order valence-electron chi connectivity index (χ1n) is 6.91. The molecule has 21 heavy (non-hydrogen) atoms. The number of ether oxygens (including phenoxy) is 2. The molecule has 1 unspecified atom stereocenters. The van der Waals surface area contributed by atoms with Crippen LogP contribution in [0, 0.1) is 20.8 Å². The van der Waals surface area contributed by atoms with Crippen molar-refractivity contribution in [3.05, 3.63) is 58.1 Å². The first-order chi connectivity index (χ1) is 9.97. The molecule has 0 spiro atoms. The molecule has 0 aliphatic heterocycles. The topological polar surface area (TPSA) is 18.5 Å². The summed E-state index contributed by atoms with van der Waals surface area (Å²) in [6, 6.07) is 10.3. The summed E-state index contributed by atoms with van der Waals surface area (Å²) in [6.07, 6.45) is 0. The van der Waals surface area contributed by atoms with E-state index < -0.39 is 0 Å². The monoisotopic (exact) mass is 348 g/mol. The molecular weight excluding hydrogens is 328 g/mol. The van der Waals surface area contributed by atoms with E-state index in [1.165, 1.54) is 22.3 Å². The lowest BCUT2D eigenvalue weighted by Crippen LogP contribution is -2.02. The summed E-state index contributed by atoms with van der Waals surface area (Å²) >= 11 is 3.84. The third kappa shape index (κ3) is 3.24.